The maximum absolute atomic E-state index is 11.8. The van der Waals surface area contributed by atoms with Crippen molar-refractivity contribution in [1.82, 2.24) is 14.5 Å². The van der Waals surface area contributed by atoms with Gasteiger partial charge in [0.25, 0.3) is 5.56 Å². The summed E-state index contributed by atoms with van der Waals surface area (Å²) in [4.78, 5) is 18.6. The molecule has 4 aromatic rings. The number of hydrogen-bond acceptors (Lipinski definition) is 4. The fourth-order valence-corrected chi connectivity index (χ4v) is 4.43. The largest absolute Gasteiger partial charge is 0.494 e. The first-order chi connectivity index (χ1) is 17.2. The van der Waals surface area contributed by atoms with E-state index in [9.17, 15) is 4.79 Å². The second-order valence-corrected chi connectivity index (χ2v) is 9.09. The average molecular weight is 543 g/mol. The van der Waals surface area contributed by atoms with Gasteiger partial charge in [-0.05, 0) is 86.7 Å². The number of aromatic nitrogens is 2. The van der Waals surface area contributed by atoms with Gasteiger partial charge in [0.15, 0.2) is 0 Å². The van der Waals surface area contributed by atoms with Crippen LogP contribution < -0.4 is 10.3 Å². The maximum Gasteiger partial charge on any atom is 0.250 e. The highest BCUT2D eigenvalue weighted by molar-refractivity contribution is 5.85. The molecule has 0 unspecified atom stereocenters. The zero-order valence-corrected chi connectivity index (χ0v) is 23.1. The Morgan fingerprint density at radius 2 is 1.62 bits per heavy atom. The van der Waals surface area contributed by atoms with Gasteiger partial charge in [-0.15, -0.1) is 24.8 Å². The summed E-state index contributed by atoms with van der Waals surface area (Å²) in [5.41, 5.74) is 3.60. The number of rotatable bonds is 13. The average Bonchev–Trinajstić information content (AvgIpc) is 2.89. The van der Waals surface area contributed by atoms with Crippen LogP contribution in [-0.4, -0.2) is 34.1 Å². The van der Waals surface area contributed by atoms with Crippen molar-refractivity contribution in [3.05, 3.63) is 107 Å². The van der Waals surface area contributed by atoms with Crippen molar-refractivity contribution in [3.63, 3.8) is 0 Å². The Balaban J connectivity index is 0.00000241. The second kappa shape index (κ2) is 16.1. The minimum Gasteiger partial charge on any atom is -0.494 e. The first-order valence-electron chi connectivity index (χ1n) is 12.6. The summed E-state index contributed by atoms with van der Waals surface area (Å²) in [5, 5.41) is 1.02. The van der Waals surface area contributed by atoms with Gasteiger partial charge >= 0.3 is 0 Å². The van der Waals surface area contributed by atoms with Gasteiger partial charge in [-0.1, -0.05) is 36.4 Å². The lowest BCUT2D eigenvalue weighted by atomic mass is 10.1. The Bertz CT molecular complexity index is 1250. The van der Waals surface area contributed by atoms with Crippen LogP contribution in [0.15, 0.2) is 90.0 Å². The number of aryl methyl sites for hydroxylation is 2. The quantitative estimate of drug-likeness (QED) is 0.182. The van der Waals surface area contributed by atoms with Crippen LogP contribution in [0.1, 0.15) is 36.8 Å². The minimum absolute atomic E-state index is 0. The van der Waals surface area contributed by atoms with Crippen LogP contribution in [0.3, 0.4) is 0 Å². The summed E-state index contributed by atoms with van der Waals surface area (Å²) in [7, 11) is 1.80. The molecule has 0 saturated heterocycles. The fourth-order valence-electron chi connectivity index (χ4n) is 4.43. The van der Waals surface area contributed by atoms with E-state index in [1.54, 1.807) is 17.7 Å². The number of nitrogens with zero attached hydrogens (tertiary/aromatic N) is 3. The van der Waals surface area contributed by atoms with E-state index in [0.29, 0.717) is 6.61 Å². The molecule has 198 valence electrons. The number of unbranched alkanes of at least 4 members (excludes halogenated alkanes) is 2. The van der Waals surface area contributed by atoms with Crippen LogP contribution in [0.2, 0.25) is 0 Å². The standard InChI is InChI=1S/C30H35N3O2.2ClH/c1-32-29-16-15-28(22-27(29)14-17-30(32)34)35-21-7-3-6-19-33(24-26-12-8-18-31-23-26)20-9-13-25-10-4-2-5-11-25;;/h2,4-5,8,10-12,14-18,22-23H,3,6-7,9,13,19-21,24H2,1H3;2*1H. The van der Waals surface area contributed by atoms with Crippen LogP contribution in [0.5, 0.6) is 5.75 Å². The molecule has 0 atom stereocenters. The summed E-state index contributed by atoms with van der Waals surface area (Å²) >= 11 is 0. The van der Waals surface area contributed by atoms with E-state index in [-0.39, 0.29) is 30.4 Å². The van der Waals surface area contributed by atoms with Crippen LogP contribution in [0.4, 0.5) is 0 Å². The van der Waals surface area contributed by atoms with E-state index >= 15 is 0 Å². The van der Waals surface area contributed by atoms with Crippen LogP contribution in [0, 0.1) is 0 Å². The lowest BCUT2D eigenvalue weighted by Crippen LogP contribution is -2.26. The summed E-state index contributed by atoms with van der Waals surface area (Å²) < 4.78 is 7.65. The summed E-state index contributed by atoms with van der Waals surface area (Å²) in [6, 6.07) is 24.3. The number of benzene rings is 2. The fraction of sp³-hybridized carbons (Fsp3) is 0.333. The molecule has 7 heteroatoms. The molecule has 5 nitrogen and oxygen atoms in total. The summed E-state index contributed by atoms with van der Waals surface area (Å²) in [6.07, 6.45) is 9.37. The predicted octanol–water partition coefficient (Wildman–Crippen LogP) is 6.46. The lowest BCUT2D eigenvalue weighted by molar-refractivity contribution is 0.248. The topological polar surface area (TPSA) is 47.4 Å². The lowest BCUT2D eigenvalue weighted by Gasteiger charge is -2.22. The third-order valence-corrected chi connectivity index (χ3v) is 6.40. The van der Waals surface area contributed by atoms with E-state index in [2.05, 4.69) is 46.3 Å². The predicted molar refractivity (Wildman–Crippen MR) is 157 cm³/mol. The minimum atomic E-state index is 0. The molecule has 2 heterocycles. The molecule has 0 bridgehead atoms. The van der Waals surface area contributed by atoms with Gasteiger partial charge in [-0.3, -0.25) is 14.7 Å². The SMILES string of the molecule is Cl.Cl.Cn1c(=O)ccc2cc(OCCCCCN(CCCc3ccccc3)Cc3cccnc3)ccc21. The molecule has 0 amide bonds. The maximum atomic E-state index is 11.8. The van der Waals surface area contributed by atoms with Gasteiger partial charge in [0, 0.05) is 37.4 Å². The highest BCUT2D eigenvalue weighted by Gasteiger charge is 2.07. The number of halogens is 2. The van der Waals surface area contributed by atoms with Gasteiger partial charge in [-0.25, -0.2) is 0 Å². The van der Waals surface area contributed by atoms with E-state index in [4.69, 9.17) is 4.74 Å². The molecule has 2 aromatic carbocycles. The normalized spacial score (nSPS) is 10.6. The number of hydrogen-bond donors (Lipinski definition) is 0. The van der Waals surface area contributed by atoms with E-state index in [1.165, 1.54) is 11.1 Å². The molecule has 0 fully saturated rings. The third kappa shape index (κ3) is 9.51. The van der Waals surface area contributed by atoms with Gasteiger partial charge in [-0.2, -0.15) is 0 Å². The zero-order valence-electron chi connectivity index (χ0n) is 21.4. The van der Waals surface area contributed by atoms with Crippen molar-refractivity contribution >= 4 is 35.7 Å². The Morgan fingerprint density at radius 1 is 0.838 bits per heavy atom. The Morgan fingerprint density at radius 3 is 2.41 bits per heavy atom. The van der Waals surface area contributed by atoms with Crippen molar-refractivity contribution < 1.29 is 4.74 Å². The van der Waals surface area contributed by atoms with Crippen molar-refractivity contribution in [1.29, 1.82) is 0 Å². The summed E-state index contributed by atoms with van der Waals surface area (Å²) in [5.74, 6) is 0.857. The molecule has 0 N–H and O–H groups in total. The molecule has 0 aliphatic heterocycles. The number of pyridine rings is 2. The third-order valence-electron chi connectivity index (χ3n) is 6.40. The van der Waals surface area contributed by atoms with Crippen molar-refractivity contribution in [2.75, 3.05) is 19.7 Å². The van der Waals surface area contributed by atoms with Crippen LogP contribution in [0.25, 0.3) is 10.9 Å². The Hall–Kier alpha value is -2.86. The van der Waals surface area contributed by atoms with Crippen LogP contribution >= 0.6 is 24.8 Å². The van der Waals surface area contributed by atoms with Gasteiger partial charge in [0.1, 0.15) is 5.75 Å². The van der Waals surface area contributed by atoms with Crippen LogP contribution in [-0.2, 0) is 20.0 Å². The van der Waals surface area contributed by atoms with E-state index in [1.807, 2.05) is 42.7 Å². The van der Waals surface area contributed by atoms with Gasteiger partial charge in [0.2, 0.25) is 0 Å². The van der Waals surface area contributed by atoms with Crippen molar-refractivity contribution in [3.8, 4) is 5.75 Å². The first-order valence-corrected chi connectivity index (χ1v) is 12.6. The van der Waals surface area contributed by atoms with Gasteiger partial charge < -0.3 is 9.30 Å². The molecule has 0 radical (unpaired) electrons. The van der Waals surface area contributed by atoms with Gasteiger partial charge in [0.05, 0.1) is 12.1 Å². The second-order valence-electron chi connectivity index (χ2n) is 9.09. The molecule has 0 spiro atoms. The van der Waals surface area contributed by atoms with Crippen molar-refractivity contribution in [2.24, 2.45) is 7.05 Å². The molecular weight excluding hydrogens is 505 g/mol. The molecule has 0 aliphatic rings. The van der Waals surface area contributed by atoms with Crippen molar-refractivity contribution in [2.45, 2.75) is 38.6 Å². The molecule has 0 aliphatic carbocycles. The van der Waals surface area contributed by atoms with E-state index < -0.39 is 0 Å². The molecule has 4 rings (SSSR count). The molecule has 2 aromatic heterocycles. The zero-order chi connectivity index (χ0) is 24.3. The Labute approximate surface area is 232 Å². The highest BCUT2D eigenvalue weighted by Crippen LogP contribution is 2.19. The highest BCUT2D eigenvalue weighted by atomic mass is 35.5. The number of fused-ring (bicyclic) bond motifs is 1. The summed E-state index contributed by atoms with van der Waals surface area (Å²) in [6.45, 7) is 3.81. The smallest absolute Gasteiger partial charge is 0.250 e. The number of ether oxygens (including phenoxy) is 1. The molecule has 0 saturated carbocycles. The molecule has 37 heavy (non-hydrogen) atoms. The monoisotopic (exact) mass is 541 g/mol. The van der Waals surface area contributed by atoms with E-state index in [0.717, 1.165) is 68.4 Å². The molecular formula is C30H37Cl2N3O2. The Kier molecular flexibility index (Phi) is 13.2. The first kappa shape index (κ1) is 30.4.